The summed E-state index contributed by atoms with van der Waals surface area (Å²) in [7, 11) is -1.40. The molecule has 1 fully saturated rings. The van der Waals surface area contributed by atoms with Crippen LogP contribution in [0.1, 0.15) is 18.2 Å². The smallest absolute Gasteiger partial charge is 0.252 e. The Bertz CT molecular complexity index is 534. The number of likely N-dealkylation sites (N-methyl/N-ethyl adjacent to an activating group) is 1. The van der Waals surface area contributed by atoms with Crippen molar-refractivity contribution in [2.45, 2.75) is 24.0 Å². The number of hydrogen-bond donors (Lipinski definition) is 1. The first kappa shape index (κ1) is 16.9. The summed E-state index contributed by atoms with van der Waals surface area (Å²) in [5.74, 6) is 0. The van der Waals surface area contributed by atoms with Crippen LogP contribution in [0.4, 0.5) is 0 Å². The van der Waals surface area contributed by atoms with E-state index in [-0.39, 0.29) is 0 Å². The van der Waals surface area contributed by atoms with Gasteiger partial charge >= 0.3 is 0 Å². The van der Waals surface area contributed by atoms with E-state index in [9.17, 15) is 8.42 Å². The highest BCUT2D eigenvalue weighted by Gasteiger charge is 2.29. The Balaban J connectivity index is 2.00. The van der Waals surface area contributed by atoms with E-state index in [4.69, 9.17) is 0 Å². The average molecular weight is 332 g/mol. The Morgan fingerprint density at radius 1 is 1.24 bits per heavy atom. The molecule has 0 atom stereocenters. The lowest BCUT2D eigenvalue weighted by Crippen LogP contribution is -2.48. The predicted molar refractivity (Wildman–Crippen MR) is 87.4 cm³/mol. The number of nitrogens with zero attached hydrogens (tertiary/aromatic N) is 2. The molecule has 1 N–H and O–H groups in total. The van der Waals surface area contributed by atoms with Gasteiger partial charge in [0.2, 0.25) is 0 Å². The maximum absolute atomic E-state index is 12.6. The molecule has 0 aromatic carbocycles. The van der Waals surface area contributed by atoms with Gasteiger partial charge in [-0.3, -0.25) is 0 Å². The maximum Gasteiger partial charge on any atom is 0.252 e. The van der Waals surface area contributed by atoms with Gasteiger partial charge < -0.3 is 10.2 Å². The Morgan fingerprint density at radius 2 is 1.95 bits per heavy atom. The quantitative estimate of drug-likeness (QED) is 0.816. The van der Waals surface area contributed by atoms with Gasteiger partial charge in [-0.25, -0.2) is 8.42 Å². The van der Waals surface area contributed by atoms with Crippen LogP contribution in [0.15, 0.2) is 16.3 Å². The van der Waals surface area contributed by atoms with E-state index in [1.165, 1.54) is 11.3 Å². The van der Waals surface area contributed by atoms with Crippen molar-refractivity contribution in [3.05, 3.63) is 17.0 Å². The van der Waals surface area contributed by atoms with E-state index in [1.807, 2.05) is 13.1 Å². The lowest BCUT2D eigenvalue weighted by atomic mass is 10.3. The summed E-state index contributed by atoms with van der Waals surface area (Å²) in [5, 5.41) is 3.09. The minimum Gasteiger partial charge on any atom is -0.319 e. The minimum atomic E-state index is -3.30. The molecule has 2 rings (SSSR count). The van der Waals surface area contributed by atoms with E-state index < -0.39 is 10.0 Å². The lowest BCUT2D eigenvalue weighted by molar-refractivity contribution is 0.189. The molecule has 0 amide bonds. The Kier molecular flexibility index (Phi) is 6.19. The highest BCUT2D eigenvalue weighted by molar-refractivity contribution is 7.91. The molecule has 0 bridgehead atoms. The van der Waals surface area contributed by atoms with Crippen LogP contribution in [0.2, 0.25) is 0 Å². The number of sulfonamides is 1. The fraction of sp³-hybridized carbons (Fsp3) is 0.714. The van der Waals surface area contributed by atoms with Gasteiger partial charge in [0.05, 0.1) is 0 Å². The van der Waals surface area contributed by atoms with Crippen LogP contribution in [-0.4, -0.2) is 63.9 Å². The van der Waals surface area contributed by atoms with Crippen LogP contribution in [0, 0.1) is 0 Å². The molecule has 1 aromatic rings. The molecular weight excluding hydrogens is 306 g/mol. The van der Waals surface area contributed by atoms with Crippen molar-refractivity contribution in [1.82, 2.24) is 14.5 Å². The monoisotopic (exact) mass is 331 g/mol. The third-order valence-corrected chi connectivity index (χ3v) is 7.23. The summed E-state index contributed by atoms with van der Waals surface area (Å²) in [4.78, 5) is 3.45. The standard InChI is InChI=1S/C14H25N3O2S2/c1-3-8-16-9-11-17(12-10-16)21(18,19)14-5-4-13(20-14)6-7-15-2/h4-5,15H,3,6-12H2,1-2H3. The number of thiophene rings is 1. The van der Waals surface area contributed by atoms with Crippen LogP contribution in [0.5, 0.6) is 0 Å². The van der Waals surface area contributed by atoms with Crippen molar-refractivity contribution in [3.63, 3.8) is 0 Å². The molecule has 21 heavy (non-hydrogen) atoms. The van der Waals surface area contributed by atoms with Gasteiger partial charge in [-0.05, 0) is 45.1 Å². The molecule has 0 spiro atoms. The van der Waals surface area contributed by atoms with Crippen LogP contribution < -0.4 is 5.32 Å². The Labute approximate surface area is 132 Å². The molecular formula is C14H25N3O2S2. The van der Waals surface area contributed by atoms with Gasteiger partial charge in [0.1, 0.15) is 4.21 Å². The zero-order valence-corrected chi connectivity index (χ0v) is 14.5. The first-order valence-corrected chi connectivity index (χ1v) is 9.79. The van der Waals surface area contributed by atoms with E-state index in [2.05, 4.69) is 17.1 Å². The second-order valence-corrected chi connectivity index (χ2v) is 8.65. The summed E-state index contributed by atoms with van der Waals surface area (Å²) >= 11 is 1.40. The summed E-state index contributed by atoms with van der Waals surface area (Å²) in [6.07, 6.45) is 1.99. The van der Waals surface area contributed by atoms with Gasteiger partial charge in [-0.1, -0.05) is 6.92 Å². The van der Waals surface area contributed by atoms with Crippen molar-refractivity contribution in [2.24, 2.45) is 0 Å². The van der Waals surface area contributed by atoms with Crippen LogP contribution in [-0.2, 0) is 16.4 Å². The van der Waals surface area contributed by atoms with Gasteiger partial charge in [0.25, 0.3) is 10.0 Å². The molecule has 1 aliphatic rings. The highest BCUT2D eigenvalue weighted by atomic mass is 32.2. The van der Waals surface area contributed by atoms with Gasteiger partial charge in [0, 0.05) is 31.1 Å². The SMILES string of the molecule is CCCN1CCN(S(=O)(=O)c2ccc(CCNC)s2)CC1. The Hall–Kier alpha value is -0.470. The molecule has 2 heterocycles. The van der Waals surface area contributed by atoms with Gasteiger partial charge in [-0.15, -0.1) is 11.3 Å². The van der Waals surface area contributed by atoms with E-state index in [0.29, 0.717) is 17.3 Å². The molecule has 5 nitrogen and oxygen atoms in total. The van der Waals surface area contributed by atoms with Crippen molar-refractivity contribution in [3.8, 4) is 0 Å². The molecule has 1 aliphatic heterocycles. The second kappa shape index (κ2) is 7.69. The zero-order valence-electron chi connectivity index (χ0n) is 12.8. The lowest BCUT2D eigenvalue weighted by Gasteiger charge is -2.33. The van der Waals surface area contributed by atoms with Crippen LogP contribution in [0.25, 0.3) is 0 Å². The van der Waals surface area contributed by atoms with E-state index >= 15 is 0 Å². The maximum atomic E-state index is 12.6. The number of rotatable bonds is 7. The molecule has 1 aromatic heterocycles. The molecule has 1 saturated heterocycles. The molecule has 0 unspecified atom stereocenters. The predicted octanol–water partition coefficient (Wildman–Crippen LogP) is 1.23. The molecule has 0 radical (unpaired) electrons. The van der Waals surface area contributed by atoms with Crippen molar-refractivity contribution in [1.29, 1.82) is 0 Å². The van der Waals surface area contributed by atoms with E-state index in [0.717, 1.165) is 43.9 Å². The molecule has 120 valence electrons. The Morgan fingerprint density at radius 3 is 2.57 bits per heavy atom. The normalized spacial score (nSPS) is 18.2. The second-order valence-electron chi connectivity index (χ2n) is 5.32. The number of piperazine rings is 1. The molecule has 7 heteroatoms. The highest BCUT2D eigenvalue weighted by Crippen LogP contribution is 2.26. The topological polar surface area (TPSA) is 52.7 Å². The van der Waals surface area contributed by atoms with E-state index in [1.54, 1.807) is 10.4 Å². The summed E-state index contributed by atoms with van der Waals surface area (Å²) < 4.78 is 27.4. The van der Waals surface area contributed by atoms with Crippen molar-refractivity contribution >= 4 is 21.4 Å². The van der Waals surface area contributed by atoms with Crippen molar-refractivity contribution in [2.75, 3.05) is 46.3 Å². The first-order chi connectivity index (χ1) is 10.1. The largest absolute Gasteiger partial charge is 0.319 e. The van der Waals surface area contributed by atoms with Gasteiger partial charge in [0.15, 0.2) is 0 Å². The van der Waals surface area contributed by atoms with Crippen LogP contribution in [0.3, 0.4) is 0 Å². The third-order valence-electron chi connectivity index (χ3n) is 3.72. The first-order valence-electron chi connectivity index (χ1n) is 7.53. The number of hydrogen-bond acceptors (Lipinski definition) is 5. The van der Waals surface area contributed by atoms with Gasteiger partial charge in [-0.2, -0.15) is 4.31 Å². The van der Waals surface area contributed by atoms with Crippen molar-refractivity contribution < 1.29 is 8.42 Å². The summed E-state index contributed by atoms with van der Waals surface area (Å²) in [6.45, 7) is 6.96. The zero-order chi connectivity index (χ0) is 15.3. The number of nitrogens with one attached hydrogen (secondary N) is 1. The summed E-state index contributed by atoms with van der Waals surface area (Å²) in [6, 6.07) is 3.69. The average Bonchev–Trinajstić information content (AvgIpc) is 2.96. The fourth-order valence-electron chi connectivity index (χ4n) is 2.52. The molecule has 0 aliphatic carbocycles. The minimum absolute atomic E-state index is 0.484. The molecule has 0 saturated carbocycles. The third kappa shape index (κ3) is 4.26. The summed E-state index contributed by atoms with van der Waals surface area (Å²) in [5.41, 5.74) is 0. The fourth-order valence-corrected chi connectivity index (χ4v) is 5.45. The van der Waals surface area contributed by atoms with Crippen LogP contribution >= 0.6 is 11.3 Å².